The van der Waals surface area contributed by atoms with Crippen molar-refractivity contribution in [3.63, 3.8) is 0 Å². The molecule has 0 unspecified atom stereocenters. The van der Waals surface area contributed by atoms with Crippen molar-refractivity contribution in [1.29, 1.82) is 0 Å². The lowest BCUT2D eigenvalue weighted by molar-refractivity contribution is 0.0779. The molecule has 2 aliphatic heterocycles. The average molecular weight is 524 g/mol. The number of benzene rings is 3. The van der Waals surface area contributed by atoms with Crippen molar-refractivity contribution in [3.8, 4) is 5.75 Å². The average Bonchev–Trinajstić information content (AvgIpc) is 3.27. The van der Waals surface area contributed by atoms with Gasteiger partial charge < -0.3 is 14.5 Å². The smallest absolute Gasteiger partial charge is 0.253 e. The normalized spacial score (nSPS) is 17.4. The highest BCUT2D eigenvalue weighted by Crippen LogP contribution is 2.45. The van der Waals surface area contributed by atoms with Crippen LogP contribution in [-0.4, -0.2) is 55.5 Å². The number of ether oxygens (including phenoxy) is 1. The molecule has 1 saturated heterocycles. The summed E-state index contributed by atoms with van der Waals surface area (Å²) in [5.74, 6) is 1.24. The van der Waals surface area contributed by atoms with Gasteiger partial charge in [-0.25, -0.2) is 0 Å². The molecule has 4 nitrogen and oxygen atoms in total. The van der Waals surface area contributed by atoms with Gasteiger partial charge in [-0.05, 0) is 74.8 Å². The number of hydrogen-bond donors (Lipinski definition) is 0. The van der Waals surface area contributed by atoms with Gasteiger partial charge in [-0.2, -0.15) is 0 Å². The van der Waals surface area contributed by atoms with Crippen molar-refractivity contribution in [1.82, 2.24) is 9.80 Å². The zero-order valence-corrected chi connectivity index (χ0v) is 22.1. The summed E-state index contributed by atoms with van der Waals surface area (Å²) in [6.07, 6.45) is 3.14. The first-order valence-corrected chi connectivity index (χ1v) is 13.4. The Hall–Kier alpha value is -2.53. The van der Waals surface area contributed by atoms with Crippen LogP contribution in [0.3, 0.4) is 0 Å². The minimum atomic E-state index is 0.0282. The lowest BCUT2D eigenvalue weighted by Crippen LogP contribution is -2.44. The van der Waals surface area contributed by atoms with Crippen LogP contribution >= 0.6 is 23.2 Å². The second kappa shape index (κ2) is 10.8. The number of fused-ring (bicyclic) bond motifs is 2. The summed E-state index contributed by atoms with van der Waals surface area (Å²) in [6.45, 7) is 4.47. The number of carbonyl (C=O) groups is 1. The Morgan fingerprint density at radius 3 is 2.47 bits per heavy atom. The summed E-state index contributed by atoms with van der Waals surface area (Å²) < 4.78 is 6.03. The van der Waals surface area contributed by atoms with Crippen molar-refractivity contribution in [2.45, 2.75) is 30.6 Å². The van der Waals surface area contributed by atoms with Crippen LogP contribution in [0.5, 0.6) is 5.75 Å². The SMILES string of the molecule is CN(C[C@@H](CCN1CCC2(CC1)COc1ccccc12)c1ccc(Cl)c(Cl)c1)C(=O)c1ccccc1. The second-order valence-corrected chi connectivity index (χ2v) is 10.9. The van der Waals surface area contributed by atoms with Gasteiger partial charge in [0.2, 0.25) is 0 Å². The largest absolute Gasteiger partial charge is 0.492 e. The van der Waals surface area contributed by atoms with E-state index >= 15 is 0 Å². The van der Waals surface area contributed by atoms with Gasteiger partial charge >= 0.3 is 0 Å². The molecule has 1 spiro atoms. The van der Waals surface area contributed by atoms with Gasteiger partial charge in [-0.1, -0.05) is 65.7 Å². The van der Waals surface area contributed by atoms with Crippen molar-refractivity contribution in [2.24, 2.45) is 0 Å². The fraction of sp³-hybridized carbons (Fsp3) is 0.367. The first kappa shape index (κ1) is 25.1. The molecule has 5 rings (SSSR count). The Morgan fingerprint density at radius 1 is 1.00 bits per heavy atom. The van der Waals surface area contributed by atoms with Crippen LogP contribution in [0.4, 0.5) is 0 Å². The monoisotopic (exact) mass is 522 g/mol. The van der Waals surface area contributed by atoms with Crippen LogP contribution in [0.2, 0.25) is 10.0 Å². The summed E-state index contributed by atoms with van der Waals surface area (Å²) >= 11 is 12.6. The van der Waals surface area contributed by atoms with E-state index < -0.39 is 0 Å². The topological polar surface area (TPSA) is 32.8 Å². The predicted octanol–water partition coefficient (Wildman–Crippen LogP) is 6.67. The molecule has 0 N–H and O–H groups in total. The Balaban J connectivity index is 1.25. The number of hydrogen-bond acceptors (Lipinski definition) is 3. The van der Waals surface area contributed by atoms with Crippen LogP contribution in [0, 0.1) is 0 Å². The summed E-state index contributed by atoms with van der Waals surface area (Å²) in [5, 5.41) is 1.10. The van der Waals surface area contributed by atoms with Crippen LogP contribution in [0.25, 0.3) is 0 Å². The number of para-hydroxylation sites is 1. The molecule has 0 radical (unpaired) electrons. The van der Waals surface area contributed by atoms with E-state index in [9.17, 15) is 4.79 Å². The van der Waals surface area contributed by atoms with Gasteiger partial charge in [-0.15, -0.1) is 0 Å². The first-order valence-electron chi connectivity index (χ1n) is 12.7. The maximum atomic E-state index is 13.0. The number of likely N-dealkylation sites (tertiary alicyclic amines) is 1. The summed E-state index contributed by atoms with van der Waals surface area (Å²) in [5.41, 5.74) is 3.34. The quantitative estimate of drug-likeness (QED) is 0.347. The van der Waals surface area contributed by atoms with E-state index in [1.807, 2.05) is 60.5 Å². The third kappa shape index (κ3) is 5.27. The summed E-state index contributed by atoms with van der Waals surface area (Å²) in [7, 11) is 1.88. The highest BCUT2D eigenvalue weighted by Gasteiger charge is 2.42. The van der Waals surface area contributed by atoms with Gasteiger partial charge in [0, 0.05) is 36.1 Å². The van der Waals surface area contributed by atoms with E-state index in [0.717, 1.165) is 56.8 Å². The van der Waals surface area contributed by atoms with E-state index in [1.54, 1.807) is 0 Å². The fourth-order valence-electron chi connectivity index (χ4n) is 5.63. The van der Waals surface area contributed by atoms with Gasteiger partial charge in [0.15, 0.2) is 0 Å². The minimum Gasteiger partial charge on any atom is -0.492 e. The number of halogens is 2. The molecule has 0 bridgehead atoms. The maximum Gasteiger partial charge on any atom is 0.253 e. The number of nitrogens with zero attached hydrogens (tertiary/aromatic N) is 2. The Morgan fingerprint density at radius 2 is 1.72 bits per heavy atom. The van der Waals surface area contributed by atoms with Crippen LogP contribution < -0.4 is 4.74 Å². The molecule has 0 aromatic heterocycles. The molecule has 0 saturated carbocycles. The van der Waals surface area contributed by atoms with Gasteiger partial charge in [0.1, 0.15) is 5.75 Å². The molecule has 1 atom stereocenters. The predicted molar refractivity (Wildman–Crippen MR) is 147 cm³/mol. The van der Waals surface area contributed by atoms with Crippen molar-refractivity contribution in [3.05, 3.63) is 99.5 Å². The molecule has 0 aliphatic carbocycles. The van der Waals surface area contributed by atoms with Gasteiger partial charge in [-0.3, -0.25) is 4.79 Å². The third-order valence-electron chi connectivity index (χ3n) is 7.85. The molecular formula is C30H32Cl2N2O2. The van der Waals surface area contributed by atoms with Crippen LogP contribution in [-0.2, 0) is 5.41 Å². The zero-order valence-electron chi connectivity index (χ0n) is 20.6. The Kier molecular flexibility index (Phi) is 7.57. The minimum absolute atomic E-state index is 0.0282. The standard InChI is InChI=1S/C30H32Cl2N2O2/c1-33(29(35)22-7-3-2-4-8-22)20-24(23-11-12-26(31)27(32)19-23)13-16-34-17-14-30(15-18-34)21-36-28-10-6-5-9-25(28)30/h2-12,19,24H,13-18,20-21H2,1H3/t24-/m1/s1. The summed E-state index contributed by atoms with van der Waals surface area (Å²) in [6, 6.07) is 23.8. The van der Waals surface area contributed by atoms with Crippen molar-refractivity contribution >= 4 is 29.1 Å². The fourth-order valence-corrected chi connectivity index (χ4v) is 5.93. The number of rotatable bonds is 7. The van der Waals surface area contributed by atoms with E-state index in [-0.39, 0.29) is 17.2 Å². The maximum absolute atomic E-state index is 13.0. The van der Waals surface area contributed by atoms with E-state index in [0.29, 0.717) is 22.2 Å². The molecular weight excluding hydrogens is 491 g/mol. The van der Waals surface area contributed by atoms with Gasteiger partial charge in [0.05, 0.1) is 16.7 Å². The van der Waals surface area contributed by atoms with Crippen molar-refractivity contribution in [2.75, 3.05) is 39.8 Å². The molecule has 36 heavy (non-hydrogen) atoms. The molecule has 6 heteroatoms. The molecule has 2 aliphatic rings. The van der Waals surface area contributed by atoms with Crippen molar-refractivity contribution < 1.29 is 9.53 Å². The first-order chi connectivity index (χ1) is 17.4. The van der Waals surface area contributed by atoms with E-state index in [4.69, 9.17) is 27.9 Å². The summed E-state index contributed by atoms with van der Waals surface area (Å²) in [4.78, 5) is 17.4. The molecule has 3 aromatic carbocycles. The molecule has 2 heterocycles. The lowest BCUT2D eigenvalue weighted by atomic mass is 9.74. The van der Waals surface area contributed by atoms with Crippen LogP contribution in [0.1, 0.15) is 46.7 Å². The lowest BCUT2D eigenvalue weighted by Gasteiger charge is -2.39. The third-order valence-corrected chi connectivity index (χ3v) is 8.59. The molecule has 1 fully saturated rings. The van der Waals surface area contributed by atoms with E-state index in [1.165, 1.54) is 5.56 Å². The highest BCUT2D eigenvalue weighted by atomic mass is 35.5. The second-order valence-electron chi connectivity index (χ2n) is 10.1. The van der Waals surface area contributed by atoms with Gasteiger partial charge in [0.25, 0.3) is 5.91 Å². The number of amides is 1. The molecule has 3 aromatic rings. The number of carbonyl (C=O) groups excluding carboxylic acids is 1. The highest BCUT2D eigenvalue weighted by molar-refractivity contribution is 6.42. The zero-order chi connectivity index (χ0) is 25.1. The van der Waals surface area contributed by atoms with E-state index in [2.05, 4.69) is 29.2 Å². The Bertz CT molecular complexity index is 1210. The molecule has 1 amide bonds. The number of piperidine rings is 1. The van der Waals surface area contributed by atoms with Crippen LogP contribution in [0.15, 0.2) is 72.8 Å². The Labute approximate surface area is 223 Å². The molecule has 188 valence electrons. The number of likely N-dealkylation sites (N-methyl/N-ethyl adjacent to an activating group) is 1.